The van der Waals surface area contributed by atoms with Gasteiger partial charge in [-0.3, -0.25) is 0 Å². The van der Waals surface area contributed by atoms with Crippen molar-refractivity contribution in [1.82, 2.24) is 14.6 Å². The van der Waals surface area contributed by atoms with Crippen molar-refractivity contribution in [3.05, 3.63) is 16.9 Å². The molecule has 0 radical (unpaired) electrons. The van der Waals surface area contributed by atoms with Crippen LogP contribution in [0.25, 0.3) is 4.96 Å². The summed E-state index contributed by atoms with van der Waals surface area (Å²) in [5.41, 5.74) is 4.49. The summed E-state index contributed by atoms with van der Waals surface area (Å²) in [6, 6.07) is 0. The molecular formula is C9H11N3S. The van der Waals surface area contributed by atoms with Crippen LogP contribution in [0, 0.1) is 0 Å². The predicted molar refractivity (Wildman–Crippen MR) is 52.2 cm³/mol. The lowest BCUT2D eigenvalue weighted by atomic mass is 9.92. The summed E-state index contributed by atoms with van der Waals surface area (Å²) in [5, 5.41) is 4.30. The van der Waals surface area contributed by atoms with Crippen molar-refractivity contribution in [3.63, 3.8) is 0 Å². The van der Waals surface area contributed by atoms with E-state index in [9.17, 15) is 0 Å². The molecule has 0 saturated carbocycles. The summed E-state index contributed by atoms with van der Waals surface area (Å²) >= 11 is 1.62. The first-order valence-electron chi connectivity index (χ1n) is 4.67. The van der Waals surface area contributed by atoms with Gasteiger partial charge >= 0.3 is 0 Å². The smallest absolute Gasteiger partial charge is 0.212 e. The molecule has 0 saturated heterocycles. The van der Waals surface area contributed by atoms with Gasteiger partial charge in [-0.1, -0.05) is 18.3 Å². The van der Waals surface area contributed by atoms with Crippen molar-refractivity contribution in [3.8, 4) is 0 Å². The molecule has 4 heteroatoms. The van der Waals surface area contributed by atoms with E-state index in [1.807, 2.05) is 10.0 Å². The van der Waals surface area contributed by atoms with Crippen LogP contribution in [0.2, 0.25) is 0 Å². The van der Waals surface area contributed by atoms with Gasteiger partial charge in [0.05, 0.1) is 11.4 Å². The summed E-state index contributed by atoms with van der Waals surface area (Å²) in [7, 11) is 0. The fourth-order valence-corrected chi connectivity index (χ4v) is 2.74. The lowest BCUT2D eigenvalue weighted by Gasteiger charge is -2.16. The van der Waals surface area contributed by atoms with Crippen molar-refractivity contribution < 1.29 is 0 Å². The number of rotatable bonds is 0. The molecule has 0 fully saturated rings. The third-order valence-electron chi connectivity index (χ3n) is 2.79. The molecule has 3 nitrogen and oxygen atoms in total. The van der Waals surface area contributed by atoms with Crippen LogP contribution in [0.4, 0.5) is 0 Å². The molecule has 2 aromatic rings. The minimum absolute atomic E-state index is 0.623. The van der Waals surface area contributed by atoms with Crippen molar-refractivity contribution in [1.29, 1.82) is 0 Å². The van der Waals surface area contributed by atoms with Crippen LogP contribution in [0.1, 0.15) is 37.1 Å². The van der Waals surface area contributed by atoms with Crippen LogP contribution in [-0.2, 0) is 6.42 Å². The fourth-order valence-electron chi connectivity index (χ4n) is 2.09. The zero-order valence-corrected chi connectivity index (χ0v) is 8.34. The van der Waals surface area contributed by atoms with Crippen LogP contribution in [0.3, 0.4) is 0 Å². The number of aryl methyl sites for hydroxylation is 1. The molecule has 1 aliphatic rings. The molecule has 68 valence electrons. The molecule has 13 heavy (non-hydrogen) atoms. The SMILES string of the molecule is CC1CCCc2c1nc1scnn21. The maximum atomic E-state index is 4.61. The second-order valence-corrected chi connectivity index (χ2v) is 4.48. The second-order valence-electron chi connectivity index (χ2n) is 3.67. The molecule has 0 spiro atoms. The molecular weight excluding hydrogens is 182 g/mol. The van der Waals surface area contributed by atoms with Crippen molar-refractivity contribution >= 4 is 16.3 Å². The third-order valence-corrected chi connectivity index (χ3v) is 3.46. The van der Waals surface area contributed by atoms with Crippen LogP contribution >= 0.6 is 11.3 Å². The van der Waals surface area contributed by atoms with E-state index in [4.69, 9.17) is 0 Å². The summed E-state index contributed by atoms with van der Waals surface area (Å²) in [6.45, 7) is 2.26. The molecule has 0 bridgehead atoms. The Morgan fingerprint density at radius 1 is 1.62 bits per heavy atom. The van der Waals surface area contributed by atoms with Crippen LogP contribution in [0.15, 0.2) is 5.51 Å². The van der Waals surface area contributed by atoms with Crippen molar-refractivity contribution in [2.75, 3.05) is 0 Å². The van der Waals surface area contributed by atoms with Gasteiger partial charge in [-0.15, -0.1) is 0 Å². The second kappa shape index (κ2) is 2.54. The van der Waals surface area contributed by atoms with Crippen LogP contribution in [0.5, 0.6) is 0 Å². The first-order chi connectivity index (χ1) is 6.36. The van der Waals surface area contributed by atoms with Gasteiger partial charge in [0.25, 0.3) is 0 Å². The number of aromatic nitrogens is 3. The Bertz CT molecular complexity index is 443. The molecule has 2 heterocycles. The molecule has 1 atom stereocenters. The highest BCUT2D eigenvalue weighted by molar-refractivity contribution is 7.14. The maximum Gasteiger partial charge on any atom is 0.212 e. The summed E-state index contributed by atoms with van der Waals surface area (Å²) < 4.78 is 2.01. The van der Waals surface area contributed by atoms with Gasteiger partial charge in [0.1, 0.15) is 5.51 Å². The van der Waals surface area contributed by atoms with E-state index < -0.39 is 0 Å². The number of nitrogens with zero attached hydrogens (tertiary/aromatic N) is 3. The fraction of sp³-hybridized carbons (Fsp3) is 0.556. The quantitative estimate of drug-likeness (QED) is 0.642. The molecule has 1 aliphatic carbocycles. The minimum Gasteiger partial charge on any atom is -0.222 e. The van der Waals surface area contributed by atoms with E-state index in [2.05, 4.69) is 17.0 Å². The normalized spacial score (nSPS) is 22.1. The van der Waals surface area contributed by atoms with Gasteiger partial charge in [0, 0.05) is 5.92 Å². The van der Waals surface area contributed by atoms with Crippen molar-refractivity contribution in [2.45, 2.75) is 32.1 Å². The molecule has 0 amide bonds. The number of hydrogen-bond acceptors (Lipinski definition) is 3. The van der Waals surface area contributed by atoms with E-state index in [1.54, 1.807) is 11.3 Å². The largest absolute Gasteiger partial charge is 0.222 e. The summed E-state index contributed by atoms with van der Waals surface area (Å²) in [6.07, 6.45) is 3.70. The Morgan fingerprint density at radius 3 is 3.46 bits per heavy atom. The number of hydrogen-bond donors (Lipinski definition) is 0. The average Bonchev–Trinajstić information content (AvgIpc) is 2.65. The Labute approximate surface area is 80.4 Å². The molecule has 0 N–H and O–H groups in total. The van der Waals surface area contributed by atoms with Crippen molar-refractivity contribution in [2.24, 2.45) is 0 Å². The minimum atomic E-state index is 0.623. The first-order valence-corrected chi connectivity index (χ1v) is 5.55. The van der Waals surface area contributed by atoms with E-state index in [-0.39, 0.29) is 0 Å². The zero-order chi connectivity index (χ0) is 8.84. The summed E-state index contributed by atoms with van der Waals surface area (Å²) in [5.74, 6) is 0.623. The molecule has 3 rings (SSSR count). The zero-order valence-electron chi connectivity index (χ0n) is 7.53. The Morgan fingerprint density at radius 2 is 2.54 bits per heavy atom. The molecule has 1 unspecified atom stereocenters. The van der Waals surface area contributed by atoms with Crippen LogP contribution in [-0.4, -0.2) is 14.6 Å². The highest BCUT2D eigenvalue weighted by Crippen LogP contribution is 2.31. The highest BCUT2D eigenvalue weighted by atomic mass is 32.1. The Balaban J connectivity index is 2.31. The van der Waals surface area contributed by atoms with E-state index in [1.165, 1.54) is 24.2 Å². The lowest BCUT2D eigenvalue weighted by molar-refractivity contribution is 0.565. The first kappa shape index (κ1) is 7.50. The third kappa shape index (κ3) is 0.950. The standard InChI is InChI=1S/C9H11N3S/c1-6-3-2-4-7-8(6)11-9-12(7)10-5-13-9/h5-6H,2-4H2,1H3. The van der Waals surface area contributed by atoms with Gasteiger partial charge in [-0.2, -0.15) is 5.10 Å². The average molecular weight is 193 g/mol. The van der Waals surface area contributed by atoms with E-state index in [0.29, 0.717) is 5.92 Å². The van der Waals surface area contributed by atoms with Gasteiger partial charge in [-0.05, 0) is 19.3 Å². The maximum absolute atomic E-state index is 4.61. The molecule has 0 aromatic carbocycles. The van der Waals surface area contributed by atoms with Crippen LogP contribution < -0.4 is 0 Å². The van der Waals surface area contributed by atoms with Gasteiger partial charge < -0.3 is 0 Å². The van der Waals surface area contributed by atoms with E-state index in [0.717, 1.165) is 11.4 Å². The lowest BCUT2D eigenvalue weighted by Crippen LogP contribution is -2.08. The highest BCUT2D eigenvalue weighted by Gasteiger charge is 2.22. The monoisotopic (exact) mass is 193 g/mol. The van der Waals surface area contributed by atoms with Gasteiger partial charge in [0.15, 0.2) is 0 Å². The topological polar surface area (TPSA) is 30.2 Å². The van der Waals surface area contributed by atoms with Gasteiger partial charge in [-0.25, -0.2) is 9.50 Å². The summed E-state index contributed by atoms with van der Waals surface area (Å²) in [4.78, 5) is 5.67. The van der Waals surface area contributed by atoms with Gasteiger partial charge in [0.2, 0.25) is 4.96 Å². The molecule has 0 aliphatic heterocycles. The number of imidazole rings is 1. The Kier molecular flexibility index (Phi) is 1.47. The predicted octanol–water partition coefficient (Wildman–Crippen LogP) is 2.23. The van der Waals surface area contributed by atoms with E-state index >= 15 is 0 Å². The number of fused-ring (bicyclic) bond motifs is 3. The Hall–Kier alpha value is -0.900. The molecule has 2 aromatic heterocycles.